The molecular formula is C21H32ClO5Zr-. The molecule has 0 saturated heterocycles. The van der Waals surface area contributed by atoms with Gasteiger partial charge in [0, 0.05) is 39.7 Å². The fraction of sp³-hybridized carbons (Fsp3) is 0.333. The molecule has 1 N–H and O–H groups in total. The zero-order chi connectivity index (χ0) is 21.4. The Bertz CT molecular complexity index is 233. The standard InChI is InChI=1S/C6H13.C5H9O.2C5H5.ClHO4.Zr/c1-3-5-6-4-2;1-3-5(2)4-6;2*1-2-4-5-3-1;2-1(3,4)5;/h1,3-6H2,2H3;3,6H,1,4H2,2H3;2*1-5H;(H,2,3,4,5);/q-1;+1;;;;/p-1. The van der Waals surface area contributed by atoms with Crippen molar-refractivity contribution in [2.75, 3.05) is 6.61 Å². The molecule has 2 aliphatic carbocycles. The monoisotopic (exact) mass is 489 g/mol. The normalized spacial score (nSPS) is 14.3. The van der Waals surface area contributed by atoms with Crippen LogP contribution in [0, 0.1) is 87.3 Å². The molecule has 2 rings (SSSR count). The van der Waals surface area contributed by atoms with Gasteiger partial charge in [0.1, 0.15) is 6.61 Å². The molecule has 0 amide bonds. The maximum Gasteiger partial charge on any atom is 0.130 e. The Balaban J connectivity index is -0.000000128. The summed E-state index contributed by atoms with van der Waals surface area (Å²) in [7, 11) is -4.94. The summed E-state index contributed by atoms with van der Waals surface area (Å²) in [6, 6.07) is 0. The largest absolute Gasteiger partial charge is 0.373 e. The van der Waals surface area contributed by atoms with E-state index in [1.165, 1.54) is 19.3 Å². The van der Waals surface area contributed by atoms with Crippen molar-refractivity contribution in [1.29, 1.82) is 0 Å². The number of aliphatic hydroxyl groups is 1. The van der Waals surface area contributed by atoms with E-state index in [0.29, 0.717) is 0 Å². The van der Waals surface area contributed by atoms with Crippen LogP contribution in [0.3, 0.4) is 0 Å². The van der Waals surface area contributed by atoms with Crippen molar-refractivity contribution in [2.24, 2.45) is 0 Å². The number of hydrogen-bond acceptors (Lipinski definition) is 5. The number of halogens is 1. The molecule has 0 bridgehead atoms. The molecule has 2 fully saturated rings. The van der Waals surface area contributed by atoms with Crippen LogP contribution in [0.15, 0.2) is 12.7 Å². The first kappa shape index (κ1) is 36.0. The zero-order valence-corrected chi connectivity index (χ0v) is 20.0. The van der Waals surface area contributed by atoms with E-state index in [-0.39, 0.29) is 32.8 Å². The second-order valence-electron chi connectivity index (χ2n) is 5.07. The van der Waals surface area contributed by atoms with Crippen molar-refractivity contribution in [3.63, 3.8) is 0 Å². The van der Waals surface area contributed by atoms with Crippen LogP contribution in [0.5, 0.6) is 0 Å². The Morgan fingerprint density at radius 2 is 1.18 bits per heavy atom. The summed E-state index contributed by atoms with van der Waals surface area (Å²) in [6.45, 7) is 11.3. The van der Waals surface area contributed by atoms with Gasteiger partial charge in [0.2, 0.25) is 0 Å². The molecule has 0 aliphatic heterocycles. The molecule has 0 atom stereocenters. The van der Waals surface area contributed by atoms with Gasteiger partial charge in [0.25, 0.3) is 0 Å². The fourth-order valence-electron chi connectivity index (χ4n) is 1.13. The Hall–Kier alpha value is 0.583. The summed E-state index contributed by atoms with van der Waals surface area (Å²) in [4.78, 5) is 0. The predicted molar refractivity (Wildman–Crippen MR) is 98.7 cm³/mol. The quantitative estimate of drug-likeness (QED) is 0.444. The third kappa shape index (κ3) is 56.3. The third-order valence-corrected chi connectivity index (χ3v) is 2.56. The average Bonchev–Trinajstić information content (AvgIpc) is 3.36. The smallest absolute Gasteiger partial charge is 0.130 e. The first-order valence-corrected chi connectivity index (χ1v) is 9.76. The molecule has 10 radical (unpaired) electrons. The average molecular weight is 491 g/mol. The number of rotatable bonds is 5. The van der Waals surface area contributed by atoms with Gasteiger partial charge in [-0.15, -0.1) is 10.2 Å². The molecule has 0 unspecified atom stereocenters. The van der Waals surface area contributed by atoms with Gasteiger partial charge in [-0.25, -0.2) is 18.6 Å². The summed E-state index contributed by atoms with van der Waals surface area (Å²) in [5.74, 6) is 0.912. The zero-order valence-electron chi connectivity index (χ0n) is 16.8. The molecule has 2 saturated carbocycles. The van der Waals surface area contributed by atoms with Crippen LogP contribution in [-0.2, 0) is 26.2 Å². The van der Waals surface area contributed by atoms with Gasteiger partial charge in [-0.3, -0.25) is 0 Å². The summed E-state index contributed by atoms with van der Waals surface area (Å²) in [6.07, 6.45) is 26.7. The molecule has 0 aromatic carbocycles. The van der Waals surface area contributed by atoms with Gasteiger partial charge in [0.15, 0.2) is 0 Å². The summed E-state index contributed by atoms with van der Waals surface area (Å²) in [5.41, 5.74) is 0. The van der Waals surface area contributed by atoms with E-state index >= 15 is 0 Å². The Labute approximate surface area is 195 Å². The van der Waals surface area contributed by atoms with E-state index in [1.54, 1.807) is 6.08 Å². The summed E-state index contributed by atoms with van der Waals surface area (Å²) >= 11 is 0. The van der Waals surface area contributed by atoms with Gasteiger partial charge < -0.3 is 12.0 Å². The SMILES string of the molecule is C=C[C+](C)CO.[CH2-]CCCCC.[CH]1[CH][CH][CH][CH]1.[CH]1[CH][CH][CH][CH]1.[O-][Cl+3]([O-])([O-])[O-].[Zr]. The topological polar surface area (TPSA) is 112 Å². The van der Waals surface area contributed by atoms with E-state index in [9.17, 15) is 0 Å². The van der Waals surface area contributed by atoms with Gasteiger partial charge in [0.05, 0.1) is 12.0 Å². The van der Waals surface area contributed by atoms with E-state index < -0.39 is 10.2 Å². The summed E-state index contributed by atoms with van der Waals surface area (Å²) < 4.78 is 34.0. The molecule has 28 heavy (non-hydrogen) atoms. The van der Waals surface area contributed by atoms with Crippen LogP contribution in [0.25, 0.3) is 0 Å². The van der Waals surface area contributed by atoms with Crippen molar-refractivity contribution in [2.45, 2.75) is 39.5 Å². The van der Waals surface area contributed by atoms with Crippen LogP contribution in [0.2, 0.25) is 0 Å². The molecule has 0 aromatic heterocycles. The first-order valence-electron chi connectivity index (χ1n) is 8.52. The minimum atomic E-state index is -4.94. The Morgan fingerprint density at radius 1 is 0.893 bits per heavy atom. The van der Waals surface area contributed by atoms with Crippen molar-refractivity contribution in [3.05, 3.63) is 89.7 Å². The van der Waals surface area contributed by atoms with Crippen LogP contribution >= 0.6 is 0 Å². The second kappa shape index (κ2) is 29.8. The molecule has 5 nitrogen and oxygen atoms in total. The van der Waals surface area contributed by atoms with Crippen LogP contribution in [0.4, 0.5) is 0 Å². The summed E-state index contributed by atoms with van der Waals surface area (Å²) in [5, 5.41) is 8.23. The van der Waals surface area contributed by atoms with Crippen LogP contribution < -0.4 is 18.6 Å². The van der Waals surface area contributed by atoms with Crippen molar-refractivity contribution in [3.8, 4) is 0 Å². The molecule has 158 valence electrons. The minimum Gasteiger partial charge on any atom is -0.373 e. The maximum atomic E-state index is 8.49. The molecular weight excluding hydrogens is 459 g/mol. The molecule has 0 aromatic rings. The fourth-order valence-corrected chi connectivity index (χ4v) is 1.13. The van der Waals surface area contributed by atoms with E-state index in [0.717, 1.165) is 12.3 Å². The molecule has 2 aliphatic rings. The third-order valence-electron chi connectivity index (χ3n) is 2.56. The predicted octanol–water partition coefficient (Wildman–Crippen LogP) is 0.444. The molecule has 0 spiro atoms. The van der Waals surface area contributed by atoms with Gasteiger partial charge in [-0.05, 0) is 64.2 Å². The maximum absolute atomic E-state index is 8.49. The van der Waals surface area contributed by atoms with Crippen LogP contribution in [-0.4, -0.2) is 11.7 Å². The van der Waals surface area contributed by atoms with E-state index in [2.05, 4.69) is 20.4 Å². The first-order chi connectivity index (χ1) is 12.7. The van der Waals surface area contributed by atoms with Gasteiger partial charge in [-0.2, -0.15) is 6.42 Å². The van der Waals surface area contributed by atoms with Crippen molar-refractivity contribution < 1.29 is 60.2 Å². The number of hydrogen-bond donors (Lipinski definition) is 1. The van der Waals surface area contributed by atoms with Crippen molar-refractivity contribution in [1.82, 2.24) is 0 Å². The van der Waals surface area contributed by atoms with Gasteiger partial charge >= 0.3 is 0 Å². The Kier molecular flexibility index (Phi) is 38.3. The van der Waals surface area contributed by atoms with Crippen molar-refractivity contribution >= 4 is 0 Å². The Morgan fingerprint density at radius 3 is 1.25 bits per heavy atom. The minimum absolute atomic E-state index is 0. The number of aliphatic hydroxyl groups excluding tert-OH is 1. The second-order valence-corrected chi connectivity index (χ2v) is 5.83. The van der Waals surface area contributed by atoms with E-state index in [4.69, 9.17) is 23.7 Å². The number of unbranched alkanes of at least 4 members (excludes halogenated alkanes) is 3. The van der Waals surface area contributed by atoms with Gasteiger partial charge in [-0.1, -0.05) is 26.2 Å². The van der Waals surface area contributed by atoms with E-state index in [1.807, 2.05) is 71.1 Å². The molecule has 7 heteroatoms. The van der Waals surface area contributed by atoms with Crippen LogP contribution in [0.1, 0.15) is 39.5 Å². The molecule has 0 heterocycles.